The third kappa shape index (κ3) is 2.97. The Balaban J connectivity index is 1.84. The summed E-state index contributed by atoms with van der Waals surface area (Å²) in [6.07, 6.45) is 1.87. The Morgan fingerprint density at radius 2 is 1.90 bits per heavy atom. The summed E-state index contributed by atoms with van der Waals surface area (Å²) in [7, 11) is 0. The number of nitrogens with one attached hydrogen (secondary N) is 1. The minimum Gasteiger partial charge on any atom is -0.343 e. The van der Waals surface area contributed by atoms with Crippen molar-refractivity contribution < 1.29 is 0 Å². The van der Waals surface area contributed by atoms with Gasteiger partial charge in [0.1, 0.15) is 5.65 Å². The molecule has 114 valence electrons. The smallest absolute Gasteiger partial charge is 0.137 e. The molecule has 1 N–H and O–H groups in total. The third-order valence-corrected chi connectivity index (χ3v) is 4.58. The molecule has 1 aliphatic rings. The Hall–Kier alpha value is -1.39. The van der Waals surface area contributed by atoms with Crippen LogP contribution in [0.25, 0.3) is 11.0 Å². The van der Waals surface area contributed by atoms with Crippen LogP contribution < -0.4 is 0 Å². The zero-order valence-electron chi connectivity index (χ0n) is 13.4. The lowest BCUT2D eigenvalue weighted by molar-refractivity contribution is 0.132. The summed E-state index contributed by atoms with van der Waals surface area (Å²) in [5.41, 5.74) is 3.82. The van der Waals surface area contributed by atoms with Crippen molar-refractivity contribution in [2.75, 3.05) is 32.7 Å². The molecule has 0 unspecified atom stereocenters. The van der Waals surface area contributed by atoms with Gasteiger partial charge in [0.25, 0.3) is 0 Å². The fourth-order valence-corrected chi connectivity index (χ4v) is 3.25. The third-order valence-electron chi connectivity index (χ3n) is 4.58. The van der Waals surface area contributed by atoms with Gasteiger partial charge in [0, 0.05) is 50.0 Å². The molecule has 2 aromatic rings. The van der Waals surface area contributed by atoms with Crippen molar-refractivity contribution >= 4 is 11.0 Å². The first kappa shape index (κ1) is 14.5. The van der Waals surface area contributed by atoms with Crippen LogP contribution in [0.15, 0.2) is 18.3 Å². The molecular formula is C17H26N4. The average molecular weight is 286 g/mol. The minimum absolute atomic E-state index is 0.506. The van der Waals surface area contributed by atoms with Crippen LogP contribution >= 0.6 is 0 Å². The highest BCUT2D eigenvalue weighted by Crippen LogP contribution is 2.27. The molecule has 3 rings (SSSR count). The molecule has 0 aliphatic carbocycles. The number of aromatic amines is 1. The number of rotatable bonds is 4. The highest BCUT2D eigenvalue weighted by Gasteiger charge is 2.20. The van der Waals surface area contributed by atoms with E-state index in [4.69, 9.17) is 0 Å². The van der Waals surface area contributed by atoms with Gasteiger partial charge in [0.15, 0.2) is 0 Å². The van der Waals surface area contributed by atoms with Gasteiger partial charge in [-0.25, -0.2) is 4.98 Å². The van der Waals surface area contributed by atoms with Crippen molar-refractivity contribution in [1.29, 1.82) is 0 Å². The van der Waals surface area contributed by atoms with Gasteiger partial charge in [0.05, 0.1) is 0 Å². The molecule has 1 saturated heterocycles. The van der Waals surface area contributed by atoms with Gasteiger partial charge in [0.2, 0.25) is 0 Å². The maximum absolute atomic E-state index is 4.48. The molecule has 1 fully saturated rings. The van der Waals surface area contributed by atoms with Gasteiger partial charge < -0.3 is 9.88 Å². The maximum atomic E-state index is 4.48. The molecule has 4 heteroatoms. The summed E-state index contributed by atoms with van der Waals surface area (Å²) in [6, 6.07) is 4.24. The normalized spacial score (nSPS) is 17.9. The van der Waals surface area contributed by atoms with Crippen LogP contribution in [0.5, 0.6) is 0 Å². The number of hydrogen-bond acceptors (Lipinski definition) is 3. The molecule has 0 radical (unpaired) electrons. The van der Waals surface area contributed by atoms with E-state index in [0.29, 0.717) is 5.92 Å². The number of likely N-dealkylation sites (N-methyl/N-ethyl adjacent to an activating group) is 1. The van der Waals surface area contributed by atoms with Crippen molar-refractivity contribution in [1.82, 2.24) is 19.8 Å². The topological polar surface area (TPSA) is 35.2 Å². The highest BCUT2D eigenvalue weighted by atomic mass is 15.3. The zero-order chi connectivity index (χ0) is 14.8. The van der Waals surface area contributed by atoms with E-state index in [1.807, 2.05) is 12.3 Å². The van der Waals surface area contributed by atoms with Crippen LogP contribution in [0.1, 0.15) is 37.9 Å². The number of piperazine rings is 1. The largest absolute Gasteiger partial charge is 0.343 e. The SMILES string of the molecule is CCN1CCN(Cc2c(C(C)C)[nH]c3ncccc23)CC1. The van der Waals surface area contributed by atoms with Gasteiger partial charge in [-0.2, -0.15) is 0 Å². The zero-order valence-corrected chi connectivity index (χ0v) is 13.4. The number of pyridine rings is 1. The van der Waals surface area contributed by atoms with Crippen LogP contribution in [0.3, 0.4) is 0 Å². The first-order valence-electron chi connectivity index (χ1n) is 8.09. The molecule has 4 nitrogen and oxygen atoms in total. The van der Waals surface area contributed by atoms with E-state index in [0.717, 1.165) is 25.3 Å². The fraction of sp³-hybridized carbons (Fsp3) is 0.588. The lowest BCUT2D eigenvalue weighted by Gasteiger charge is -2.34. The lowest BCUT2D eigenvalue weighted by Crippen LogP contribution is -2.45. The molecule has 21 heavy (non-hydrogen) atoms. The predicted molar refractivity (Wildman–Crippen MR) is 87.6 cm³/mol. The number of nitrogens with zero attached hydrogens (tertiary/aromatic N) is 3. The van der Waals surface area contributed by atoms with Crippen LogP contribution in [0.2, 0.25) is 0 Å². The van der Waals surface area contributed by atoms with Crippen molar-refractivity contribution in [2.45, 2.75) is 33.2 Å². The van der Waals surface area contributed by atoms with Crippen molar-refractivity contribution in [3.05, 3.63) is 29.6 Å². The second-order valence-corrected chi connectivity index (χ2v) is 6.28. The Labute approximate surface area is 127 Å². The van der Waals surface area contributed by atoms with E-state index in [-0.39, 0.29) is 0 Å². The molecule has 0 saturated carbocycles. The number of H-pyrrole nitrogens is 1. The monoisotopic (exact) mass is 286 g/mol. The van der Waals surface area contributed by atoms with E-state index in [1.165, 1.54) is 36.3 Å². The second kappa shape index (κ2) is 6.16. The Kier molecular flexibility index (Phi) is 4.27. The number of aromatic nitrogens is 2. The Morgan fingerprint density at radius 3 is 2.57 bits per heavy atom. The first-order valence-corrected chi connectivity index (χ1v) is 8.09. The summed E-state index contributed by atoms with van der Waals surface area (Å²) in [4.78, 5) is 13.1. The molecule has 0 aromatic carbocycles. The van der Waals surface area contributed by atoms with Gasteiger partial charge in [-0.3, -0.25) is 4.90 Å². The van der Waals surface area contributed by atoms with E-state index >= 15 is 0 Å². The van der Waals surface area contributed by atoms with E-state index in [2.05, 4.69) is 46.6 Å². The number of fused-ring (bicyclic) bond motifs is 1. The van der Waals surface area contributed by atoms with Crippen molar-refractivity contribution in [3.8, 4) is 0 Å². The standard InChI is InChI=1S/C17H26N4/c1-4-20-8-10-21(11-9-20)12-15-14-6-5-7-18-17(14)19-16(15)13(2)3/h5-7,13H,4,8-12H2,1-3H3,(H,18,19). The number of hydrogen-bond donors (Lipinski definition) is 1. The predicted octanol–water partition coefficient (Wildman–Crippen LogP) is 2.82. The van der Waals surface area contributed by atoms with E-state index < -0.39 is 0 Å². The minimum atomic E-state index is 0.506. The maximum Gasteiger partial charge on any atom is 0.137 e. The van der Waals surface area contributed by atoms with Crippen LogP contribution in [-0.2, 0) is 6.54 Å². The van der Waals surface area contributed by atoms with Gasteiger partial charge in [-0.1, -0.05) is 20.8 Å². The highest BCUT2D eigenvalue weighted by molar-refractivity contribution is 5.81. The quantitative estimate of drug-likeness (QED) is 0.938. The molecular weight excluding hydrogens is 260 g/mol. The van der Waals surface area contributed by atoms with E-state index in [9.17, 15) is 0 Å². The molecule has 3 heterocycles. The molecule has 0 atom stereocenters. The second-order valence-electron chi connectivity index (χ2n) is 6.28. The van der Waals surface area contributed by atoms with Crippen LogP contribution in [0, 0.1) is 0 Å². The van der Waals surface area contributed by atoms with Gasteiger partial charge in [-0.15, -0.1) is 0 Å². The van der Waals surface area contributed by atoms with Crippen LogP contribution in [0.4, 0.5) is 0 Å². The lowest BCUT2D eigenvalue weighted by atomic mass is 10.0. The molecule has 0 spiro atoms. The van der Waals surface area contributed by atoms with E-state index in [1.54, 1.807) is 0 Å². The van der Waals surface area contributed by atoms with Crippen molar-refractivity contribution in [2.24, 2.45) is 0 Å². The van der Waals surface area contributed by atoms with Gasteiger partial charge >= 0.3 is 0 Å². The summed E-state index contributed by atoms with van der Waals surface area (Å²) < 4.78 is 0. The van der Waals surface area contributed by atoms with Gasteiger partial charge in [-0.05, 0) is 30.2 Å². The summed E-state index contributed by atoms with van der Waals surface area (Å²) in [5.74, 6) is 0.506. The molecule has 0 amide bonds. The Morgan fingerprint density at radius 1 is 1.19 bits per heavy atom. The average Bonchev–Trinajstić information content (AvgIpc) is 2.87. The summed E-state index contributed by atoms with van der Waals surface area (Å²) >= 11 is 0. The van der Waals surface area contributed by atoms with Crippen molar-refractivity contribution in [3.63, 3.8) is 0 Å². The first-order chi connectivity index (χ1) is 10.2. The molecule has 1 aliphatic heterocycles. The Bertz CT molecular complexity index is 594. The summed E-state index contributed by atoms with van der Waals surface area (Å²) in [5, 5.41) is 1.29. The fourth-order valence-electron chi connectivity index (χ4n) is 3.25. The molecule has 2 aromatic heterocycles. The summed E-state index contributed by atoms with van der Waals surface area (Å²) in [6.45, 7) is 13.7. The van der Waals surface area contributed by atoms with Crippen LogP contribution in [-0.4, -0.2) is 52.5 Å². The molecule has 0 bridgehead atoms.